The normalized spacial score (nSPS) is 14.4. The molecule has 0 unspecified atom stereocenters. The molecule has 1 heterocycles. The summed E-state index contributed by atoms with van der Waals surface area (Å²) in [4.78, 5) is 26.2. The Morgan fingerprint density at radius 3 is 2.67 bits per heavy atom. The van der Waals surface area contributed by atoms with Crippen molar-refractivity contribution < 1.29 is 14.3 Å². The van der Waals surface area contributed by atoms with Gasteiger partial charge in [-0.25, -0.2) is 14.5 Å². The fourth-order valence-electron chi connectivity index (χ4n) is 1.59. The molecule has 1 aromatic rings. The van der Waals surface area contributed by atoms with Crippen molar-refractivity contribution in [2.24, 2.45) is 0 Å². The Bertz CT molecular complexity index is 429. The third kappa shape index (κ3) is 2.78. The van der Waals surface area contributed by atoms with E-state index in [0.717, 1.165) is 4.90 Å². The average molecular weight is 249 g/mol. The zero-order chi connectivity index (χ0) is 13.0. The SMILES string of the molecule is CN(C(=O)Nc1ccccc1)C(=O)N1CCOC1. The highest BCUT2D eigenvalue weighted by atomic mass is 16.5. The number of urea groups is 2. The van der Waals surface area contributed by atoms with Gasteiger partial charge in [0.1, 0.15) is 6.73 Å². The molecule has 0 saturated carbocycles. The highest BCUT2D eigenvalue weighted by molar-refractivity contribution is 6.00. The van der Waals surface area contributed by atoms with Gasteiger partial charge in [0, 0.05) is 19.3 Å². The Balaban J connectivity index is 1.94. The lowest BCUT2D eigenvalue weighted by Gasteiger charge is -2.21. The maximum absolute atomic E-state index is 11.9. The molecule has 1 aromatic carbocycles. The van der Waals surface area contributed by atoms with Gasteiger partial charge in [0.05, 0.1) is 6.61 Å². The third-order valence-electron chi connectivity index (χ3n) is 2.64. The Morgan fingerprint density at radius 2 is 2.06 bits per heavy atom. The van der Waals surface area contributed by atoms with Crippen LogP contribution in [-0.2, 0) is 4.74 Å². The molecular weight excluding hydrogens is 234 g/mol. The highest BCUT2D eigenvalue weighted by Crippen LogP contribution is 2.08. The zero-order valence-corrected chi connectivity index (χ0v) is 10.1. The number of rotatable bonds is 1. The molecule has 18 heavy (non-hydrogen) atoms. The second-order valence-electron chi connectivity index (χ2n) is 3.94. The molecule has 1 aliphatic rings. The second-order valence-corrected chi connectivity index (χ2v) is 3.94. The van der Waals surface area contributed by atoms with Gasteiger partial charge in [-0.15, -0.1) is 0 Å². The average Bonchev–Trinajstić information content (AvgIpc) is 2.92. The number of nitrogens with one attached hydrogen (secondary N) is 1. The maximum atomic E-state index is 11.9. The van der Waals surface area contributed by atoms with Gasteiger partial charge in [0.25, 0.3) is 0 Å². The third-order valence-corrected chi connectivity index (χ3v) is 2.64. The number of ether oxygens (including phenoxy) is 1. The largest absolute Gasteiger partial charge is 0.359 e. The van der Waals surface area contributed by atoms with E-state index in [-0.39, 0.29) is 12.8 Å². The van der Waals surface area contributed by atoms with Gasteiger partial charge in [-0.05, 0) is 12.1 Å². The number of amides is 4. The molecule has 0 aromatic heterocycles. The summed E-state index contributed by atoms with van der Waals surface area (Å²) >= 11 is 0. The van der Waals surface area contributed by atoms with Gasteiger partial charge in [-0.2, -0.15) is 0 Å². The quantitative estimate of drug-likeness (QED) is 0.821. The molecular formula is C12H15N3O3. The van der Waals surface area contributed by atoms with Crippen molar-refractivity contribution in [2.45, 2.75) is 0 Å². The van der Waals surface area contributed by atoms with Gasteiger partial charge in [0.15, 0.2) is 0 Å². The maximum Gasteiger partial charge on any atom is 0.329 e. The monoisotopic (exact) mass is 249 g/mol. The molecule has 0 spiro atoms. The number of nitrogens with zero attached hydrogens (tertiary/aromatic N) is 2. The van der Waals surface area contributed by atoms with Crippen LogP contribution in [0, 0.1) is 0 Å². The van der Waals surface area contributed by atoms with Crippen LogP contribution in [0.5, 0.6) is 0 Å². The highest BCUT2D eigenvalue weighted by Gasteiger charge is 2.25. The van der Waals surface area contributed by atoms with Gasteiger partial charge in [-0.1, -0.05) is 18.2 Å². The lowest BCUT2D eigenvalue weighted by Crippen LogP contribution is -2.44. The number of hydrogen-bond acceptors (Lipinski definition) is 3. The standard InChI is InChI=1S/C12H15N3O3/c1-14(12(17)15-7-8-18-9-15)11(16)13-10-5-3-2-4-6-10/h2-6H,7-9H2,1H3,(H,13,16). The van der Waals surface area contributed by atoms with E-state index < -0.39 is 6.03 Å². The number of carbonyl (C=O) groups is 2. The smallest absolute Gasteiger partial charge is 0.329 e. The van der Waals surface area contributed by atoms with Crippen LogP contribution in [0.2, 0.25) is 0 Å². The van der Waals surface area contributed by atoms with E-state index in [0.29, 0.717) is 18.8 Å². The van der Waals surface area contributed by atoms with Crippen molar-refractivity contribution in [3.8, 4) is 0 Å². The van der Waals surface area contributed by atoms with Gasteiger partial charge in [0.2, 0.25) is 0 Å². The van der Waals surface area contributed by atoms with Crippen LogP contribution in [0.25, 0.3) is 0 Å². The molecule has 1 saturated heterocycles. The summed E-state index contributed by atoms with van der Waals surface area (Å²) in [5.74, 6) is 0. The Labute approximate surface area is 105 Å². The molecule has 1 fully saturated rings. The van der Waals surface area contributed by atoms with Crippen LogP contribution in [0.3, 0.4) is 0 Å². The molecule has 1 N–H and O–H groups in total. The molecule has 4 amide bonds. The Morgan fingerprint density at radius 1 is 1.33 bits per heavy atom. The number of para-hydroxylation sites is 1. The first-order chi connectivity index (χ1) is 8.68. The number of imide groups is 1. The number of anilines is 1. The first-order valence-electron chi connectivity index (χ1n) is 5.65. The van der Waals surface area contributed by atoms with E-state index in [1.165, 1.54) is 11.9 Å². The summed E-state index contributed by atoms with van der Waals surface area (Å²) in [7, 11) is 1.44. The molecule has 2 rings (SSSR count). The Kier molecular flexibility index (Phi) is 3.78. The van der Waals surface area contributed by atoms with E-state index in [1.807, 2.05) is 18.2 Å². The fourth-order valence-corrected chi connectivity index (χ4v) is 1.59. The summed E-state index contributed by atoms with van der Waals surface area (Å²) in [5, 5.41) is 2.64. The van der Waals surface area contributed by atoms with E-state index >= 15 is 0 Å². The van der Waals surface area contributed by atoms with Crippen LogP contribution in [0.1, 0.15) is 0 Å². The van der Waals surface area contributed by atoms with Gasteiger partial charge in [-0.3, -0.25) is 4.90 Å². The number of hydrogen-bond donors (Lipinski definition) is 1. The first-order valence-corrected chi connectivity index (χ1v) is 5.65. The molecule has 1 aliphatic heterocycles. The van der Waals surface area contributed by atoms with E-state index in [4.69, 9.17) is 4.74 Å². The van der Waals surface area contributed by atoms with Crippen molar-refractivity contribution in [1.82, 2.24) is 9.80 Å². The Hall–Kier alpha value is -2.08. The first kappa shape index (κ1) is 12.4. The van der Waals surface area contributed by atoms with Crippen molar-refractivity contribution in [3.05, 3.63) is 30.3 Å². The molecule has 6 nitrogen and oxygen atoms in total. The fraction of sp³-hybridized carbons (Fsp3) is 0.333. The predicted molar refractivity (Wildman–Crippen MR) is 66.1 cm³/mol. The second kappa shape index (κ2) is 5.50. The van der Waals surface area contributed by atoms with Crippen LogP contribution in [0.15, 0.2) is 30.3 Å². The summed E-state index contributed by atoms with van der Waals surface area (Å²) in [6, 6.07) is 8.17. The summed E-state index contributed by atoms with van der Waals surface area (Å²) in [6.45, 7) is 1.27. The molecule has 0 radical (unpaired) electrons. The van der Waals surface area contributed by atoms with Crippen LogP contribution >= 0.6 is 0 Å². The molecule has 0 bridgehead atoms. The molecule has 6 heteroatoms. The van der Waals surface area contributed by atoms with E-state index in [9.17, 15) is 9.59 Å². The molecule has 0 aliphatic carbocycles. The summed E-state index contributed by atoms with van der Waals surface area (Å²) < 4.78 is 5.07. The summed E-state index contributed by atoms with van der Waals surface area (Å²) in [5.41, 5.74) is 0.653. The minimum Gasteiger partial charge on any atom is -0.359 e. The van der Waals surface area contributed by atoms with Crippen molar-refractivity contribution in [2.75, 3.05) is 32.2 Å². The summed E-state index contributed by atoms with van der Waals surface area (Å²) in [6.07, 6.45) is 0. The van der Waals surface area contributed by atoms with Crippen LogP contribution in [-0.4, -0.2) is 48.8 Å². The van der Waals surface area contributed by atoms with E-state index in [2.05, 4.69) is 5.32 Å². The topological polar surface area (TPSA) is 61.9 Å². The minimum atomic E-state index is -0.460. The molecule has 0 atom stereocenters. The molecule has 96 valence electrons. The van der Waals surface area contributed by atoms with Crippen LogP contribution in [0.4, 0.5) is 15.3 Å². The lowest BCUT2D eigenvalue weighted by molar-refractivity contribution is 0.131. The lowest BCUT2D eigenvalue weighted by atomic mass is 10.3. The minimum absolute atomic E-state index is 0.238. The van der Waals surface area contributed by atoms with Crippen molar-refractivity contribution >= 4 is 17.7 Å². The van der Waals surface area contributed by atoms with Crippen molar-refractivity contribution in [3.63, 3.8) is 0 Å². The number of benzene rings is 1. The van der Waals surface area contributed by atoms with Gasteiger partial charge >= 0.3 is 12.1 Å². The van der Waals surface area contributed by atoms with Gasteiger partial charge < -0.3 is 10.1 Å². The number of carbonyl (C=O) groups excluding carboxylic acids is 2. The van der Waals surface area contributed by atoms with Crippen LogP contribution < -0.4 is 5.32 Å². The van der Waals surface area contributed by atoms with Crippen molar-refractivity contribution in [1.29, 1.82) is 0 Å². The predicted octanol–water partition coefficient (Wildman–Crippen LogP) is 1.56. The zero-order valence-electron chi connectivity index (χ0n) is 10.1. The van der Waals surface area contributed by atoms with E-state index in [1.54, 1.807) is 12.1 Å².